The van der Waals surface area contributed by atoms with Crippen molar-refractivity contribution in [1.82, 2.24) is 9.03 Å². The first-order valence-corrected chi connectivity index (χ1v) is 12.2. The molecule has 0 spiro atoms. The van der Waals surface area contributed by atoms with E-state index in [9.17, 15) is 30.4 Å². The topological polar surface area (TPSA) is 110 Å². The molecule has 31 heavy (non-hydrogen) atoms. The fraction of sp³-hybridized carbons (Fsp3) is 0.316. The zero-order valence-corrected chi connectivity index (χ0v) is 18.0. The molecule has 168 valence electrons. The van der Waals surface area contributed by atoms with Crippen LogP contribution in [-0.4, -0.2) is 46.7 Å². The lowest BCUT2D eigenvalue weighted by Crippen LogP contribution is -2.31. The van der Waals surface area contributed by atoms with Crippen LogP contribution in [0, 0.1) is 6.92 Å². The van der Waals surface area contributed by atoms with Gasteiger partial charge in [-0.05, 0) is 67.8 Å². The van der Waals surface area contributed by atoms with E-state index in [4.69, 9.17) is 0 Å². The molecule has 0 unspecified atom stereocenters. The van der Waals surface area contributed by atoms with Gasteiger partial charge in [0.15, 0.2) is 0 Å². The van der Waals surface area contributed by atoms with Gasteiger partial charge in [-0.3, -0.25) is 4.79 Å². The Bertz CT molecular complexity index is 1180. The van der Waals surface area contributed by atoms with Gasteiger partial charge in [0.1, 0.15) is 5.75 Å². The molecule has 12 heteroatoms. The van der Waals surface area contributed by atoms with Crippen molar-refractivity contribution in [3.8, 4) is 5.75 Å². The zero-order valence-electron chi connectivity index (χ0n) is 16.4. The summed E-state index contributed by atoms with van der Waals surface area (Å²) in [6.45, 7) is -0.718. The van der Waals surface area contributed by atoms with Crippen molar-refractivity contribution in [3.63, 3.8) is 0 Å². The third kappa shape index (κ3) is 5.20. The molecule has 0 saturated carbocycles. The number of amides is 1. The number of carbonyl (C=O) groups excluding carboxylic acids is 1. The monoisotopic (exact) mass is 474 g/mol. The van der Waals surface area contributed by atoms with Crippen LogP contribution in [0.15, 0.2) is 52.3 Å². The van der Waals surface area contributed by atoms with Gasteiger partial charge in [0.05, 0.1) is 9.79 Å². The van der Waals surface area contributed by atoms with E-state index in [1.165, 1.54) is 23.4 Å². The van der Waals surface area contributed by atoms with Crippen molar-refractivity contribution >= 4 is 26.0 Å². The average Bonchev–Trinajstić information content (AvgIpc) is 3.23. The van der Waals surface area contributed by atoms with Crippen LogP contribution in [0.5, 0.6) is 5.75 Å². The summed E-state index contributed by atoms with van der Waals surface area (Å²) in [5.74, 6) is -1.16. The lowest BCUT2D eigenvalue weighted by Gasteiger charge is -2.17. The van der Waals surface area contributed by atoms with E-state index in [1.54, 1.807) is 0 Å². The number of rotatable bonds is 7. The Morgan fingerprint density at radius 1 is 1.03 bits per heavy atom. The van der Waals surface area contributed by atoms with Crippen LogP contribution in [0.3, 0.4) is 0 Å². The summed E-state index contributed by atoms with van der Waals surface area (Å²) in [6, 6.07) is 7.99. The van der Waals surface area contributed by atoms with Crippen LogP contribution >= 0.6 is 0 Å². The number of nitrogens with zero attached hydrogens (tertiary/aromatic N) is 1. The highest BCUT2D eigenvalue weighted by Crippen LogP contribution is 2.25. The normalized spacial score (nSPS) is 15.2. The molecule has 1 N–H and O–H groups in total. The van der Waals surface area contributed by atoms with Gasteiger partial charge in [-0.15, -0.1) is 0 Å². The van der Waals surface area contributed by atoms with Crippen LogP contribution in [0.1, 0.15) is 28.8 Å². The summed E-state index contributed by atoms with van der Waals surface area (Å²) < 4.78 is 82.4. The van der Waals surface area contributed by atoms with E-state index in [-0.39, 0.29) is 26.7 Å². The molecule has 3 rings (SSSR count). The van der Waals surface area contributed by atoms with Crippen LogP contribution in [0.2, 0.25) is 0 Å². The number of halogens is 2. The summed E-state index contributed by atoms with van der Waals surface area (Å²) in [4.78, 5) is 12.0. The van der Waals surface area contributed by atoms with Crippen molar-refractivity contribution in [2.75, 3.05) is 13.1 Å². The second-order valence-corrected chi connectivity index (χ2v) is 10.5. The molecule has 1 saturated heterocycles. The summed E-state index contributed by atoms with van der Waals surface area (Å²) in [5, 5.41) is 0. The molecule has 0 bridgehead atoms. The lowest BCUT2D eigenvalue weighted by molar-refractivity contribution is -0.0498. The van der Waals surface area contributed by atoms with E-state index in [2.05, 4.69) is 4.74 Å². The van der Waals surface area contributed by atoms with Gasteiger partial charge in [-0.25, -0.2) is 21.6 Å². The molecule has 2 aromatic rings. The SMILES string of the molecule is Cc1cc(S(=O)(=O)NC(=O)c2ccc(OC(F)F)cc2)ccc1S(=O)(=O)N1CCCC1. The van der Waals surface area contributed by atoms with E-state index >= 15 is 0 Å². The molecule has 1 amide bonds. The fourth-order valence-corrected chi connectivity index (χ4v) is 5.96. The highest BCUT2D eigenvalue weighted by atomic mass is 32.2. The molecular formula is C19H20F2N2O6S2. The molecule has 0 aliphatic carbocycles. The third-order valence-corrected chi connectivity index (χ3v) is 8.10. The second kappa shape index (κ2) is 8.89. The molecule has 8 nitrogen and oxygen atoms in total. The molecule has 1 fully saturated rings. The van der Waals surface area contributed by atoms with Crippen molar-refractivity contribution < 1.29 is 35.1 Å². The van der Waals surface area contributed by atoms with Crippen LogP contribution < -0.4 is 9.46 Å². The molecule has 0 aromatic heterocycles. The molecule has 0 radical (unpaired) electrons. The van der Waals surface area contributed by atoms with Crippen molar-refractivity contribution in [2.24, 2.45) is 0 Å². The fourth-order valence-electron chi connectivity index (χ4n) is 3.17. The molecular weight excluding hydrogens is 454 g/mol. The van der Waals surface area contributed by atoms with Gasteiger partial charge < -0.3 is 4.74 Å². The summed E-state index contributed by atoms with van der Waals surface area (Å²) >= 11 is 0. The molecule has 1 heterocycles. The first-order chi connectivity index (χ1) is 14.5. The van der Waals surface area contributed by atoms with E-state index in [0.29, 0.717) is 13.1 Å². The Hall–Kier alpha value is -2.57. The summed E-state index contributed by atoms with van der Waals surface area (Å²) in [5.41, 5.74) is 0.144. The van der Waals surface area contributed by atoms with Crippen LogP contribution in [-0.2, 0) is 20.0 Å². The van der Waals surface area contributed by atoms with Gasteiger partial charge in [0.25, 0.3) is 15.9 Å². The highest BCUT2D eigenvalue weighted by Gasteiger charge is 2.29. The minimum absolute atomic E-state index is 0.00861. The predicted octanol–water partition coefficient (Wildman–Crippen LogP) is 2.50. The smallest absolute Gasteiger partial charge is 0.387 e. The van der Waals surface area contributed by atoms with Gasteiger partial charge in [0, 0.05) is 18.7 Å². The van der Waals surface area contributed by atoms with Crippen LogP contribution in [0.4, 0.5) is 8.78 Å². The molecule has 0 atom stereocenters. The second-order valence-electron chi connectivity index (χ2n) is 6.88. The number of sulfonamides is 2. The number of nitrogens with one attached hydrogen (secondary N) is 1. The van der Waals surface area contributed by atoms with Crippen molar-refractivity contribution in [2.45, 2.75) is 36.2 Å². The Morgan fingerprint density at radius 2 is 1.65 bits per heavy atom. The average molecular weight is 475 g/mol. The number of carbonyl (C=O) groups is 1. The maximum absolute atomic E-state index is 12.7. The van der Waals surface area contributed by atoms with E-state index in [0.717, 1.165) is 43.2 Å². The molecule has 2 aromatic carbocycles. The Morgan fingerprint density at radius 3 is 2.19 bits per heavy atom. The van der Waals surface area contributed by atoms with Gasteiger partial charge in [0.2, 0.25) is 10.0 Å². The molecule has 1 aliphatic rings. The highest BCUT2D eigenvalue weighted by molar-refractivity contribution is 7.90. The zero-order chi connectivity index (χ0) is 22.8. The van der Waals surface area contributed by atoms with E-state index < -0.39 is 32.6 Å². The maximum atomic E-state index is 12.7. The Balaban J connectivity index is 1.79. The minimum atomic E-state index is -4.30. The number of alkyl halides is 2. The first-order valence-electron chi connectivity index (χ1n) is 9.23. The van der Waals surface area contributed by atoms with Gasteiger partial charge in [-0.2, -0.15) is 13.1 Å². The molecule has 1 aliphatic heterocycles. The standard InChI is InChI=1S/C19H20F2N2O6S2/c1-13-12-16(8-9-17(13)31(27,28)23-10-2-3-11-23)30(25,26)22-18(24)14-4-6-15(7-5-14)29-19(20)21/h4-9,12,19H,2-3,10-11H2,1H3,(H,22,24). The van der Waals surface area contributed by atoms with Gasteiger partial charge >= 0.3 is 6.61 Å². The number of ether oxygens (including phenoxy) is 1. The maximum Gasteiger partial charge on any atom is 0.387 e. The Labute approximate surface area is 178 Å². The largest absolute Gasteiger partial charge is 0.435 e. The number of hydrogen-bond acceptors (Lipinski definition) is 6. The van der Waals surface area contributed by atoms with Crippen molar-refractivity contribution in [3.05, 3.63) is 53.6 Å². The minimum Gasteiger partial charge on any atom is -0.435 e. The van der Waals surface area contributed by atoms with Crippen molar-refractivity contribution in [1.29, 1.82) is 0 Å². The van der Waals surface area contributed by atoms with Crippen LogP contribution in [0.25, 0.3) is 0 Å². The number of hydrogen-bond donors (Lipinski definition) is 1. The third-order valence-electron chi connectivity index (χ3n) is 4.71. The lowest BCUT2D eigenvalue weighted by atomic mass is 10.2. The Kier molecular flexibility index (Phi) is 6.62. The summed E-state index contributed by atoms with van der Waals surface area (Å²) in [7, 11) is -8.02. The van der Waals surface area contributed by atoms with Gasteiger partial charge in [-0.1, -0.05) is 0 Å². The predicted molar refractivity (Wildman–Crippen MR) is 107 cm³/mol. The number of aryl methyl sites for hydroxylation is 1. The van der Waals surface area contributed by atoms with E-state index in [1.807, 2.05) is 4.72 Å². The quantitative estimate of drug-likeness (QED) is 0.660. The summed E-state index contributed by atoms with van der Waals surface area (Å²) in [6.07, 6.45) is 1.54. The number of benzene rings is 2. The first kappa shape index (κ1) is 23.1.